The molecule has 1 heterocycles. The maximum absolute atomic E-state index is 8.90. The van der Waals surface area contributed by atoms with Gasteiger partial charge in [0.2, 0.25) is 0 Å². The Bertz CT molecular complexity index is 444. The van der Waals surface area contributed by atoms with E-state index in [0.29, 0.717) is 12.6 Å². The Morgan fingerprint density at radius 2 is 1.85 bits per heavy atom. The van der Waals surface area contributed by atoms with E-state index in [1.807, 2.05) is 6.20 Å². The lowest BCUT2D eigenvalue weighted by Crippen LogP contribution is -2.54. The van der Waals surface area contributed by atoms with Crippen molar-refractivity contribution in [2.75, 3.05) is 6.61 Å². The molecule has 4 aliphatic carbocycles. The highest BCUT2D eigenvalue weighted by molar-refractivity contribution is 5.02. The van der Waals surface area contributed by atoms with E-state index in [0.717, 1.165) is 35.9 Å². The molecule has 2 N–H and O–H groups in total. The summed E-state index contributed by atoms with van der Waals surface area (Å²) in [6.45, 7) is 1.47. The smallest absolute Gasteiger partial charge is 0.0964 e. The first kappa shape index (κ1) is 12.8. The van der Waals surface area contributed by atoms with Crippen LogP contribution in [0.1, 0.15) is 37.8 Å². The third-order valence-electron chi connectivity index (χ3n) is 5.66. The Hall–Kier alpha value is -0.940. The van der Waals surface area contributed by atoms with Crippen molar-refractivity contribution in [2.45, 2.75) is 51.2 Å². The van der Waals surface area contributed by atoms with E-state index in [1.165, 1.54) is 32.1 Å². The molecule has 4 aliphatic rings. The van der Waals surface area contributed by atoms with Crippen molar-refractivity contribution in [1.82, 2.24) is 20.3 Å². The van der Waals surface area contributed by atoms with Crippen molar-refractivity contribution in [3.63, 3.8) is 0 Å². The van der Waals surface area contributed by atoms with Crippen LogP contribution in [0, 0.1) is 23.7 Å². The van der Waals surface area contributed by atoms with Crippen molar-refractivity contribution in [1.29, 1.82) is 0 Å². The van der Waals surface area contributed by atoms with Crippen LogP contribution in [0.2, 0.25) is 0 Å². The van der Waals surface area contributed by atoms with Gasteiger partial charge in [-0.1, -0.05) is 5.21 Å². The summed E-state index contributed by atoms with van der Waals surface area (Å²) in [5, 5.41) is 20.9. The number of hydrogen-bond acceptors (Lipinski definition) is 4. The maximum atomic E-state index is 8.90. The molecular weight excluding hydrogens is 252 g/mol. The minimum absolute atomic E-state index is 0.117. The van der Waals surface area contributed by atoms with Gasteiger partial charge in [-0.3, -0.25) is 0 Å². The molecule has 1 aromatic heterocycles. The summed E-state index contributed by atoms with van der Waals surface area (Å²) in [6.07, 6.45) is 9.24. The van der Waals surface area contributed by atoms with E-state index in [1.54, 1.807) is 4.68 Å². The van der Waals surface area contributed by atoms with E-state index in [-0.39, 0.29) is 6.61 Å². The molecule has 0 aliphatic heterocycles. The van der Waals surface area contributed by atoms with E-state index in [4.69, 9.17) is 5.11 Å². The van der Waals surface area contributed by atoms with Gasteiger partial charge in [-0.15, -0.1) is 5.10 Å². The standard InChI is InChI=1S/C15H24N4O/c20-2-1-19-9-14(17-18-19)8-16-15-12-4-10-3-11(6-12)7-13(15)5-10/h9-13,15-16,20H,1-8H2. The predicted octanol–water partition coefficient (Wildman–Crippen LogP) is 1.18. The zero-order valence-corrected chi connectivity index (χ0v) is 11.9. The van der Waals surface area contributed by atoms with Gasteiger partial charge in [-0.05, 0) is 55.8 Å². The molecule has 0 saturated heterocycles. The van der Waals surface area contributed by atoms with Crippen LogP contribution >= 0.6 is 0 Å². The summed E-state index contributed by atoms with van der Waals surface area (Å²) in [5.41, 5.74) is 0.993. The van der Waals surface area contributed by atoms with Gasteiger partial charge in [0.15, 0.2) is 0 Å². The summed E-state index contributed by atoms with van der Waals surface area (Å²) >= 11 is 0. The molecule has 0 unspecified atom stereocenters. The highest BCUT2D eigenvalue weighted by Crippen LogP contribution is 2.53. The molecule has 4 fully saturated rings. The highest BCUT2D eigenvalue weighted by atomic mass is 16.3. The number of rotatable bonds is 5. The van der Waals surface area contributed by atoms with Crippen LogP contribution in [0.5, 0.6) is 0 Å². The number of nitrogens with one attached hydrogen (secondary N) is 1. The first-order valence-corrected chi connectivity index (χ1v) is 8.05. The normalized spacial score (nSPS) is 38.5. The van der Waals surface area contributed by atoms with Gasteiger partial charge in [0, 0.05) is 18.8 Å². The Morgan fingerprint density at radius 1 is 1.15 bits per heavy atom. The fourth-order valence-electron chi connectivity index (χ4n) is 5.11. The second-order valence-electron chi connectivity index (χ2n) is 7.03. The number of aliphatic hydroxyl groups is 1. The van der Waals surface area contributed by atoms with E-state index in [9.17, 15) is 0 Å². The van der Waals surface area contributed by atoms with Crippen LogP contribution in [-0.2, 0) is 13.1 Å². The summed E-state index contributed by atoms with van der Waals surface area (Å²) in [7, 11) is 0. The molecule has 0 atom stereocenters. The fourth-order valence-corrected chi connectivity index (χ4v) is 5.11. The molecule has 110 valence electrons. The third kappa shape index (κ3) is 2.27. The largest absolute Gasteiger partial charge is 0.394 e. The van der Waals surface area contributed by atoms with E-state index in [2.05, 4.69) is 15.6 Å². The summed E-state index contributed by atoms with van der Waals surface area (Å²) in [5.74, 6) is 3.86. The minimum atomic E-state index is 0.117. The van der Waals surface area contributed by atoms with Gasteiger partial charge in [0.05, 0.1) is 18.8 Å². The average molecular weight is 276 g/mol. The lowest BCUT2D eigenvalue weighted by Gasteiger charge is -2.54. The zero-order valence-electron chi connectivity index (χ0n) is 11.9. The number of aromatic nitrogens is 3. The molecule has 0 radical (unpaired) electrons. The number of aliphatic hydroxyl groups excluding tert-OH is 1. The molecule has 0 aromatic carbocycles. The van der Waals surface area contributed by atoms with Gasteiger partial charge < -0.3 is 10.4 Å². The maximum Gasteiger partial charge on any atom is 0.0964 e. The van der Waals surface area contributed by atoms with Crippen LogP contribution in [0.4, 0.5) is 0 Å². The van der Waals surface area contributed by atoms with Crippen LogP contribution < -0.4 is 5.32 Å². The van der Waals surface area contributed by atoms with Gasteiger partial charge in [-0.2, -0.15) is 0 Å². The highest BCUT2D eigenvalue weighted by Gasteiger charge is 2.47. The Labute approximate surface area is 119 Å². The molecule has 5 heteroatoms. The molecule has 0 spiro atoms. The van der Waals surface area contributed by atoms with Crippen LogP contribution in [0.15, 0.2) is 6.20 Å². The topological polar surface area (TPSA) is 63.0 Å². The quantitative estimate of drug-likeness (QED) is 0.848. The minimum Gasteiger partial charge on any atom is -0.394 e. The first-order valence-electron chi connectivity index (χ1n) is 8.05. The van der Waals surface area contributed by atoms with Crippen LogP contribution in [-0.4, -0.2) is 32.7 Å². The molecule has 1 aromatic rings. The molecule has 5 nitrogen and oxygen atoms in total. The SMILES string of the molecule is OCCn1cc(CNC2C3CC4CC(C3)CC2C4)nn1. The Kier molecular flexibility index (Phi) is 3.27. The van der Waals surface area contributed by atoms with Crippen LogP contribution in [0.25, 0.3) is 0 Å². The second kappa shape index (κ2) is 5.11. The van der Waals surface area contributed by atoms with E-state index >= 15 is 0 Å². The molecular formula is C15H24N4O. The van der Waals surface area contributed by atoms with Crippen molar-refractivity contribution in [3.05, 3.63) is 11.9 Å². The summed E-state index contributed by atoms with van der Waals surface area (Å²) in [6, 6.07) is 0.700. The lowest BCUT2D eigenvalue weighted by molar-refractivity contribution is -0.0143. The molecule has 0 amide bonds. The molecule has 4 bridgehead atoms. The van der Waals surface area contributed by atoms with Crippen LogP contribution in [0.3, 0.4) is 0 Å². The van der Waals surface area contributed by atoms with Crippen molar-refractivity contribution in [3.8, 4) is 0 Å². The third-order valence-corrected chi connectivity index (χ3v) is 5.66. The number of nitrogens with zero attached hydrogens (tertiary/aromatic N) is 3. The first-order chi connectivity index (χ1) is 9.81. The lowest BCUT2D eigenvalue weighted by atomic mass is 9.54. The van der Waals surface area contributed by atoms with Crippen molar-refractivity contribution >= 4 is 0 Å². The Balaban J connectivity index is 1.37. The summed E-state index contributed by atoms with van der Waals surface area (Å²) < 4.78 is 1.72. The van der Waals surface area contributed by atoms with E-state index < -0.39 is 0 Å². The molecule has 20 heavy (non-hydrogen) atoms. The van der Waals surface area contributed by atoms with Gasteiger partial charge in [-0.25, -0.2) is 4.68 Å². The Morgan fingerprint density at radius 3 is 2.50 bits per heavy atom. The number of hydrogen-bond donors (Lipinski definition) is 2. The van der Waals surface area contributed by atoms with Gasteiger partial charge in [0.25, 0.3) is 0 Å². The van der Waals surface area contributed by atoms with Crippen molar-refractivity contribution < 1.29 is 5.11 Å². The van der Waals surface area contributed by atoms with Gasteiger partial charge >= 0.3 is 0 Å². The fraction of sp³-hybridized carbons (Fsp3) is 0.867. The monoisotopic (exact) mass is 276 g/mol. The van der Waals surface area contributed by atoms with Crippen molar-refractivity contribution in [2.24, 2.45) is 23.7 Å². The molecule has 5 rings (SSSR count). The van der Waals surface area contributed by atoms with Gasteiger partial charge in [0.1, 0.15) is 0 Å². The average Bonchev–Trinajstić information content (AvgIpc) is 2.85. The zero-order chi connectivity index (χ0) is 13.5. The summed E-state index contributed by atoms with van der Waals surface area (Å²) in [4.78, 5) is 0. The second-order valence-corrected chi connectivity index (χ2v) is 7.03. The molecule has 4 saturated carbocycles. The predicted molar refractivity (Wildman–Crippen MR) is 74.8 cm³/mol.